The Morgan fingerprint density at radius 1 is 1.67 bits per heavy atom. The fraction of sp³-hybridized carbons (Fsp3) is 0.125. The summed E-state index contributed by atoms with van der Waals surface area (Å²) in [4.78, 5) is 14.4. The lowest BCUT2D eigenvalue weighted by Gasteiger charge is -1.92. The number of hydrogen-bond donors (Lipinski definition) is 1. The fourth-order valence-corrected chi connectivity index (χ4v) is 1.43. The minimum atomic E-state index is -1.12. The molecule has 0 amide bonds. The zero-order valence-corrected chi connectivity index (χ0v) is 9.22. The van der Waals surface area contributed by atoms with Gasteiger partial charge in [0.15, 0.2) is 5.69 Å². The van der Waals surface area contributed by atoms with E-state index in [-0.39, 0.29) is 11.6 Å². The molecule has 0 aromatic carbocycles. The molecule has 0 unspecified atom stereocenters. The first kappa shape index (κ1) is 9.91. The molecule has 2 aromatic heterocycles. The van der Waals surface area contributed by atoms with Gasteiger partial charge >= 0.3 is 5.97 Å². The van der Waals surface area contributed by atoms with Crippen LogP contribution in [0, 0.1) is 0 Å². The van der Waals surface area contributed by atoms with Crippen LogP contribution < -0.4 is 0 Å². The number of oxazole rings is 1. The summed E-state index contributed by atoms with van der Waals surface area (Å²) in [5.74, 6) is -0.891. The zero-order valence-electron chi connectivity index (χ0n) is 7.64. The molecule has 0 spiro atoms. The van der Waals surface area contributed by atoms with Gasteiger partial charge in [0.05, 0.1) is 11.8 Å². The maximum absolute atomic E-state index is 10.6. The van der Waals surface area contributed by atoms with Gasteiger partial charge in [-0.15, -0.1) is 0 Å². The van der Waals surface area contributed by atoms with Gasteiger partial charge in [-0.05, 0) is 15.9 Å². The SMILES string of the molecule is Cn1ncc(-c2nc(C(=O)O)co2)c1Br. The minimum Gasteiger partial charge on any atom is -0.476 e. The Balaban J connectivity index is 2.46. The van der Waals surface area contributed by atoms with E-state index in [9.17, 15) is 4.79 Å². The summed E-state index contributed by atoms with van der Waals surface area (Å²) < 4.78 is 7.30. The Kier molecular flexibility index (Phi) is 2.31. The van der Waals surface area contributed by atoms with E-state index in [1.165, 1.54) is 0 Å². The van der Waals surface area contributed by atoms with Gasteiger partial charge in [-0.1, -0.05) is 0 Å². The van der Waals surface area contributed by atoms with Crippen LogP contribution in [0.2, 0.25) is 0 Å². The predicted octanol–water partition coefficient (Wildman–Crippen LogP) is 1.54. The van der Waals surface area contributed by atoms with Crippen molar-refractivity contribution in [1.29, 1.82) is 0 Å². The number of carboxylic acid groups (broad SMARTS) is 1. The Bertz CT molecular complexity index is 517. The predicted molar refractivity (Wildman–Crippen MR) is 53.4 cm³/mol. The van der Waals surface area contributed by atoms with Crippen LogP contribution in [0.4, 0.5) is 0 Å². The molecule has 2 rings (SSSR count). The highest BCUT2D eigenvalue weighted by molar-refractivity contribution is 9.10. The van der Waals surface area contributed by atoms with Crippen molar-refractivity contribution >= 4 is 21.9 Å². The molecule has 6 nitrogen and oxygen atoms in total. The van der Waals surface area contributed by atoms with Crippen LogP contribution in [0.5, 0.6) is 0 Å². The Morgan fingerprint density at radius 2 is 2.40 bits per heavy atom. The number of carbonyl (C=O) groups is 1. The first-order chi connectivity index (χ1) is 7.09. The zero-order chi connectivity index (χ0) is 11.0. The number of carboxylic acids is 1. The van der Waals surface area contributed by atoms with Gasteiger partial charge in [0.25, 0.3) is 0 Å². The summed E-state index contributed by atoms with van der Waals surface area (Å²) >= 11 is 3.29. The van der Waals surface area contributed by atoms with Crippen molar-refractivity contribution in [1.82, 2.24) is 14.8 Å². The van der Waals surface area contributed by atoms with E-state index >= 15 is 0 Å². The van der Waals surface area contributed by atoms with E-state index in [4.69, 9.17) is 9.52 Å². The standard InChI is InChI=1S/C8H6BrN3O3/c1-12-6(9)4(2-10-12)7-11-5(3-15-7)8(13)14/h2-3H,1H3,(H,13,14). The lowest BCUT2D eigenvalue weighted by molar-refractivity contribution is 0.0690. The lowest BCUT2D eigenvalue weighted by atomic mass is 10.4. The quantitative estimate of drug-likeness (QED) is 0.896. The molecular formula is C8H6BrN3O3. The molecule has 1 N–H and O–H groups in total. The highest BCUT2D eigenvalue weighted by Crippen LogP contribution is 2.26. The van der Waals surface area contributed by atoms with Crippen molar-refractivity contribution in [2.45, 2.75) is 0 Å². The fourth-order valence-electron chi connectivity index (χ4n) is 1.06. The number of hydrogen-bond acceptors (Lipinski definition) is 4. The summed E-state index contributed by atoms with van der Waals surface area (Å²) in [6, 6.07) is 0. The van der Waals surface area contributed by atoms with Gasteiger partial charge in [-0.25, -0.2) is 9.78 Å². The molecular weight excluding hydrogens is 266 g/mol. The van der Waals surface area contributed by atoms with Crippen LogP contribution in [0.1, 0.15) is 10.5 Å². The van der Waals surface area contributed by atoms with Crippen molar-refractivity contribution in [2.75, 3.05) is 0 Å². The molecule has 0 radical (unpaired) electrons. The van der Waals surface area contributed by atoms with Crippen LogP contribution >= 0.6 is 15.9 Å². The summed E-state index contributed by atoms with van der Waals surface area (Å²) in [6.45, 7) is 0. The Labute approximate surface area is 92.7 Å². The molecule has 0 saturated heterocycles. The van der Waals surface area contributed by atoms with Crippen molar-refractivity contribution < 1.29 is 14.3 Å². The molecule has 2 aromatic rings. The normalized spacial score (nSPS) is 10.5. The van der Waals surface area contributed by atoms with Crippen molar-refractivity contribution in [3.05, 3.63) is 22.8 Å². The van der Waals surface area contributed by atoms with Gasteiger partial charge in [-0.2, -0.15) is 5.10 Å². The van der Waals surface area contributed by atoms with Gasteiger partial charge in [-0.3, -0.25) is 4.68 Å². The molecule has 0 fully saturated rings. The van der Waals surface area contributed by atoms with Gasteiger partial charge < -0.3 is 9.52 Å². The van der Waals surface area contributed by atoms with E-state index < -0.39 is 5.97 Å². The van der Waals surface area contributed by atoms with E-state index in [1.54, 1.807) is 17.9 Å². The average molecular weight is 272 g/mol. The Hall–Kier alpha value is -1.63. The smallest absolute Gasteiger partial charge is 0.357 e. The largest absolute Gasteiger partial charge is 0.476 e. The third-order valence-electron chi connectivity index (χ3n) is 1.82. The topological polar surface area (TPSA) is 81.2 Å². The first-order valence-electron chi connectivity index (χ1n) is 3.96. The number of halogens is 1. The van der Waals surface area contributed by atoms with Crippen LogP contribution in [-0.2, 0) is 7.05 Å². The van der Waals surface area contributed by atoms with Crippen LogP contribution in [0.25, 0.3) is 11.5 Å². The highest BCUT2D eigenvalue weighted by atomic mass is 79.9. The summed E-state index contributed by atoms with van der Waals surface area (Å²) in [7, 11) is 1.74. The second-order valence-electron chi connectivity index (χ2n) is 2.82. The van der Waals surface area contributed by atoms with E-state index in [2.05, 4.69) is 26.0 Å². The molecule has 0 atom stereocenters. The van der Waals surface area contributed by atoms with Gasteiger partial charge in [0.2, 0.25) is 5.89 Å². The number of aromatic carboxylic acids is 1. The number of aryl methyl sites for hydroxylation is 1. The van der Waals surface area contributed by atoms with Crippen LogP contribution in [0.3, 0.4) is 0 Å². The monoisotopic (exact) mass is 271 g/mol. The maximum atomic E-state index is 10.6. The first-order valence-corrected chi connectivity index (χ1v) is 4.75. The second kappa shape index (κ2) is 3.50. The summed E-state index contributed by atoms with van der Waals surface area (Å²) in [5, 5.41) is 12.6. The molecule has 78 valence electrons. The number of aromatic nitrogens is 3. The molecule has 0 aliphatic rings. The van der Waals surface area contributed by atoms with E-state index in [0.29, 0.717) is 10.2 Å². The van der Waals surface area contributed by atoms with Crippen molar-refractivity contribution in [3.8, 4) is 11.5 Å². The van der Waals surface area contributed by atoms with E-state index in [1.807, 2.05) is 0 Å². The molecule has 0 aliphatic carbocycles. The minimum absolute atomic E-state index is 0.124. The molecule has 2 heterocycles. The van der Waals surface area contributed by atoms with Crippen LogP contribution in [0.15, 0.2) is 21.5 Å². The maximum Gasteiger partial charge on any atom is 0.357 e. The molecule has 0 bridgehead atoms. The third kappa shape index (κ3) is 1.65. The van der Waals surface area contributed by atoms with Crippen molar-refractivity contribution in [2.24, 2.45) is 7.05 Å². The van der Waals surface area contributed by atoms with Gasteiger partial charge in [0.1, 0.15) is 10.9 Å². The number of nitrogens with zero attached hydrogens (tertiary/aromatic N) is 3. The summed E-state index contributed by atoms with van der Waals surface area (Å²) in [6.07, 6.45) is 2.64. The average Bonchev–Trinajstić information content (AvgIpc) is 2.76. The Morgan fingerprint density at radius 3 is 2.87 bits per heavy atom. The molecule has 0 saturated carbocycles. The third-order valence-corrected chi connectivity index (χ3v) is 2.76. The molecule has 0 aliphatic heterocycles. The molecule has 15 heavy (non-hydrogen) atoms. The van der Waals surface area contributed by atoms with Crippen molar-refractivity contribution in [3.63, 3.8) is 0 Å². The lowest BCUT2D eigenvalue weighted by Crippen LogP contribution is -1.95. The highest BCUT2D eigenvalue weighted by Gasteiger charge is 2.16. The van der Waals surface area contributed by atoms with Crippen LogP contribution in [-0.4, -0.2) is 25.8 Å². The molecule has 7 heteroatoms. The summed E-state index contributed by atoms with van der Waals surface area (Å²) in [5.41, 5.74) is 0.491. The van der Waals surface area contributed by atoms with Gasteiger partial charge in [0, 0.05) is 7.05 Å². The van der Waals surface area contributed by atoms with E-state index in [0.717, 1.165) is 6.26 Å². The number of rotatable bonds is 2. The second-order valence-corrected chi connectivity index (χ2v) is 3.57.